The Balaban J connectivity index is 5.60. The van der Waals surface area contributed by atoms with Crippen LogP contribution in [0, 0.1) is 0 Å². The first-order valence-electron chi connectivity index (χ1n) is 8.27. The fourth-order valence-electron chi connectivity index (χ4n) is 1.99. The van der Waals surface area contributed by atoms with Gasteiger partial charge in [0.2, 0.25) is 0 Å². The third kappa shape index (κ3) is 7.54. The van der Waals surface area contributed by atoms with E-state index in [2.05, 4.69) is 39.5 Å². The number of hydrogen-bond donors (Lipinski definition) is 0. The van der Waals surface area contributed by atoms with Gasteiger partial charge in [0.05, 0.1) is 13.7 Å². The zero-order valence-corrected chi connectivity index (χ0v) is 17.0. The molecule has 26 heavy (non-hydrogen) atoms. The Morgan fingerprint density at radius 3 is 1.73 bits per heavy atom. The average Bonchev–Trinajstić information content (AvgIpc) is 2.59. The second-order valence-corrected chi connectivity index (χ2v) is 6.22. The minimum absolute atomic E-state index is 0.400. The molecule has 0 rings (SSSR count). The molecule has 0 saturated heterocycles. The summed E-state index contributed by atoms with van der Waals surface area (Å²) < 4.78 is 10.4. The van der Waals surface area contributed by atoms with Crippen molar-refractivity contribution < 1.29 is 9.47 Å². The minimum Gasteiger partial charge on any atom is -0.497 e. The van der Waals surface area contributed by atoms with E-state index in [1.165, 1.54) is 0 Å². The molecule has 0 radical (unpaired) electrons. The van der Waals surface area contributed by atoms with Gasteiger partial charge in [0, 0.05) is 7.11 Å². The summed E-state index contributed by atoms with van der Waals surface area (Å²) in [6.45, 7) is 30.5. The molecule has 0 atom stereocenters. The van der Waals surface area contributed by atoms with Crippen LogP contribution in [0.3, 0.4) is 0 Å². The van der Waals surface area contributed by atoms with Gasteiger partial charge in [-0.15, -0.1) is 0 Å². The molecule has 0 aromatic carbocycles. The summed E-state index contributed by atoms with van der Waals surface area (Å²) >= 11 is 0. The van der Waals surface area contributed by atoms with Crippen LogP contribution >= 0.6 is 0 Å². The molecule has 0 fully saturated rings. The molecule has 0 saturated carbocycles. The molecule has 0 aliphatic rings. The van der Waals surface area contributed by atoms with E-state index >= 15 is 0 Å². The molecule has 2 heteroatoms. The maximum Gasteiger partial charge on any atom is 0.111 e. The summed E-state index contributed by atoms with van der Waals surface area (Å²) in [5.41, 5.74) is 7.05. The van der Waals surface area contributed by atoms with E-state index in [4.69, 9.17) is 9.47 Å². The van der Waals surface area contributed by atoms with Gasteiger partial charge >= 0.3 is 0 Å². The average molecular weight is 353 g/mol. The SMILES string of the molecule is C=C(/C=C(/C)C(=C)C(=C)/C=C(/COC)C(=C)C(=C)/C=C(/C)C(=C)C)OC. The van der Waals surface area contributed by atoms with Gasteiger partial charge in [0.1, 0.15) is 5.76 Å². The highest BCUT2D eigenvalue weighted by Crippen LogP contribution is 2.25. The Morgan fingerprint density at radius 2 is 1.27 bits per heavy atom. The van der Waals surface area contributed by atoms with Crippen molar-refractivity contribution in [1.82, 2.24) is 0 Å². The maximum absolute atomic E-state index is 5.32. The van der Waals surface area contributed by atoms with Crippen molar-refractivity contribution in [2.45, 2.75) is 20.8 Å². The van der Waals surface area contributed by atoms with E-state index in [1.54, 1.807) is 14.2 Å². The normalized spacial score (nSPS) is 12.4. The van der Waals surface area contributed by atoms with E-state index in [0.29, 0.717) is 12.4 Å². The molecule has 2 nitrogen and oxygen atoms in total. The van der Waals surface area contributed by atoms with Crippen molar-refractivity contribution in [3.63, 3.8) is 0 Å². The van der Waals surface area contributed by atoms with Crippen molar-refractivity contribution >= 4 is 0 Å². The van der Waals surface area contributed by atoms with Crippen LogP contribution in [0.5, 0.6) is 0 Å². The van der Waals surface area contributed by atoms with Crippen LogP contribution in [-0.2, 0) is 9.47 Å². The van der Waals surface area contributed by atoms with Crippen molar-refractivity contribution in [1.29, 1.82) is 0 Å². The minimum atomic E-state index is 0.400. The van der Waals surface area contributed by atoms with E-state index < -0.39 is 0 Å². The smallest absolute Gasteiger partial charge is 0.111 e. The first-order chi connectivity index (χ1) is 12.0. The van der Waals surface area contributed by atoms with Crippen LogP contribution in [0.1, 0.15) is 20.8 Å². The van der Waals surface area contributed by atoms with Crippen molar-refractivity contribution in [2.75, 3.05) is 20.8 Å². The number of rotatable bonds is 11. The molecule has 0 amide bonds. The maximum atomic E-state index is 5.32. The van der Waals surface area contributed by atoms with Gasteiger partial charge < -0.3 is 9.47 Å². The van der Waals surface area contributed by atoms with Crippen LogP contribution in [0.15, 0.2) is 108 Å². The molecule has 0 unspecified atom stereocenters. The van der Waals surface area contributed by atoms with Crippen LogP contribution in [-0.4, -0.2) is 20.8 Å². The Labute approximate surface area is 159 Å². The van der Waals surface area contributed by atoms with Crippen molar-refractivity contribution in [3.8, 4) is 0 Å². The van der Waals surface area contributed by atoms with Gasteiger partial charge in [0.15, 0.2) is 0 Å². The number of methoxy groups -OCH3 is 2. The second kappa shape index (κ2) is 11.1. The van der Waals surface area contributed by atoms with Gasteiger partial charge in [-0.2, -0.15) is 0 Å². The van der Waals surface area contributed by atoms with E-state index in [-0.39, 0.29) is 0 Å². The van der Waals surface area contributed by atoms with Crippen LogP contribution < -0.4 is 0 Å². The van der Waals surface area contributed by atoms with E-state index in [1.807, 2.05) is 39.0 Å². The highest BCUT2D eigenvalue weighted by molar-refractivity contribution is 5.57. The summed E-state index contributed by atoms with van der Waals surface area (Å²) in [6, 6.07) is 0. The highest BCUT2D eigenvalue weighted by Gasteiger charge is 2.09. The lowest BCUT2D eigenvalue weighted by Crippen LogP contribution is -2.01. The lowest BCUT2D eigenvalue weighted by atomic mass is 9.93. The van der Waals surface area contributed by atoms with Crippen molar-refractivity contribution in [3.05, 3.63) is 108 Å². The summed E-state index contributed by atoms with van der Waals surface area (Å²) in [5, 5.41) is 0. The Hall–Kier alpha value is -2.58. The molecule has 0 heterocycles. The summed E-state index contributed by atoms with van der Waals surface area (Å²) in [5.74, 6) is 0.565. The molecule has 0 spiro atoms. The summed E-state index contributed by atoms with van der Waals surface area (Å²) in [4.78, 5) is 0. The van der Waals surface area contributed by atoms with Crippen molar-refractivity contribution in [2.24, 2.45) is 0 Å². The second-order valence-electron chi connectivity index (χ2n) is 6.22. The Bertz CT molecular complexity index is 721. The number of ether oxygens (including phenoxy) is 2. The van der Waals surface area contributed by atoms with Gasteiger partial charge in [-0.05, 0) is 71.9 Å². The zero-order valence-electron chi connectivity index (χ0n) is 17.0. The standard InChI is InChI=1S/C24H32O2/c1-16(2)17(3)12-18(4)23(9)24(15-25-10)14-20(6)22(8)19(5)13-21(7)26-11/h12-14H,1,4,6-9,15H2,2-3,5,10-11H3/b17-12-,19-13-,24-14-. The molecule has 0 bridgehead atoms. The summed E-state index contributed by atoms with van der Waals surface area (Å²) in [6.07, 6.45) is 5.72. The fraction of sp³-hybridized carbons (Fsp3) is 0.250. The molecular weight excluding hydrogens is 320 g/mol. The van der Waals surface area contributed by atoms with Gasteiger partial charge in [-0.25, -0.2) is 0 Å². The Morgan fingerprint density at radius 1 is 0.731 bits per heavy atom. The van der Waals surface area contributed by atoms with Crippen LogP contribution in [0.2, 0.25) is 0 Å². The van der Waals surface area contributed by atoms with Gasteiger partial charge in [-0.3, -0.25) is 0 Å². The monoisotopic (exact) mass is 352 g/mol. The van der Waals surface area contributed by atoms with Crippen LogP contribution in [0.25, 0.3) is 0 Å². The fourth-order valence-corrected chi connectivity index (χ4v) is 1.99. The largest absolute Gasteiger partial charge is 0.497 e. The topological polar surface area (TPSA) is 18.5 Å². The lowest BCUT2D eigenvalue weighted by molar-refractivity contribution is 0.227. The van der Waals surface area contributed by atoms with Gasteiger partial charge in [-0.1, -0.05) is 51.1 Å². The van der Waals surface area contributed by atoms with E-state index in [0.717, 1.165) is 44.6 Å². The molecule has 0 aromatic heterocycles. The number of allylic oxidation sites excluding steroid dienone is 9. The molecule has 0 aliphatic carbocycles. The third-order valence-corrected chi connectivity index (χ3v) is 3.99. The number of hydrogen-bond acceptors (Lipinski definition) is 2. The predicted molar refractivity (Wildman–Crippen MR) is 115 cm³/mol. The molecule has 140 valence electrons. The molecule has 0 aromatic rings. The first kappa shape index (κ1) is 23.4. The molecule has 0 N–H and O–H groups in total. The van der Waals surface area contributed by atoms with E-state index in [9.17, 15) is 0 Å². The zero-order chi connectivity index (χ0) is 20.4. The lowest BCUT2D eigenvalue weighted by Gasteiger charge is -2.14. The van der Waals surface area contributed by atoms with Gasteiger partial charge in [0.25, 0.3) is 0 Å². The molecular formula is C24H32O2. The third-order valence-electron chi connectivity index (χ3n) is 3.99. The highest BCUT2D eigenvalue weighted by atomic mass is 16.5. The Kier molecular flexibility index (Phi) is 10.0. The molecule has 0 aliphatic heterocycles. The first-order valence-corrected chi connectivity index (χ1v) is 8.27. The summed E-state index contributed by atoms with van der Waals surface area (Å²) in [7, 11) is 3.22. The predicted octanol–water partition coefficient (Wildman–Crippen LogP) is 6.41. The van der Waals surface area contributed by atoms with Crippen LogP contribution in [0.4, 0.5) is 0 Å². The quantitative estimate of drug-likeness (QED) is 0.316.